The third kappa shape index (κ3) is 1.98. The van der Waals surface area contributed by atoms with Gasteiger partial charge in [0.1, 0.15) is 10.3 Å². The molecule has 11 heavy (non-hydrogen) atoms. The van der Waals surface area contributed by atoms with Gasteiger partial charge in [-0.05, 0) is 34.5 Å². The molecule has 0 bridgehead atoms. The molecule has 0 aliphatic heterocycles. The van der Waals surface area contributed by atoms with Crippen molar-refractivity contribution < 1.29 is 5.21 Å². The van der Waals surface area contributed by atoms with Crippen molar-refractivity contribution in [2.45, 2.75) is 6.92 Å². The van der Waals surface area contributed by atoms with Crippen molar-refractivity contribution in [1.29, 1.82) is 0 Å². The molecule has 0 radical (unpaired) electrons. The normalized spacial score (nSPS) is 10.7. The fourth-order valence-corrected chi connectivity index (χ4v) is 0.807. The highest BCUT2D eigenvalue weighted by Gasteiger charge is 1.97. The highest BCUT2D eigenvalue weighted by Crippen LogP contribution is 2.10. The van der Waals surface area contributed by atoms with E-state index >= 15 is 0 Å². The Morgan fingerprint density at radius 2 is 2.36 bits per heavy atom. The van der Waals surface area contributed by atoms with Crippen molar-refractivity contribution >= 4 is 22.1 Å². The zero-order valence-corrected chi connectivity index (χ0v) is 7.41. The van der Waals surface area contributed by atoms with E-state index < -0.39 is 0 Å². The lowest BCUT2D eigenvalue weighted by Gasteiger charge is -1.94. The molecule has 0 fully saturated rings. The Morgan fingerprint density at radius 3 is 2.91 bits per heavy atom. The molecule has 0 spiro atoms. The Balaban J connectivity index is 3.05. The number of rotatable bonds is 1. The fraction of sp³-hybridized carbons (Fsp3) is 0.167. The SMILES string of the molecule is Cc1cc(/C=N/O)nnc1Br. The summed E-state index contributed by atoms with van der Waals surface area (Å²) in [6, 6.07) is 1.76. The summed E-state index contributed by atoms with van der Waals surface area (Å²) < 4.78 is 0.701. The van der Waals surface area contributed by atoms with Crippen LogP contribution in [0.2, 0.25) is 0 Å². The summed E-state index contributed by atoms with van der Waals surface area (Å²) in [5, 5.41) is 18.5. The van der Waals surface area contributed by atoms with Crippen LogP contribution in [0.1, 0.15) is 11.3 Å². The second-order valence-corrected chi connectivity index (χ2v) is 2.74. The Bertz CT molecular complexity index is 287. The molecular weight excluding hydrogens is 210 g/mol. The number of halogens is 1. The number of hydrogen-bond acceptors (Lipinski definition) is 4. The van der Waals surface area contributed by atoms with Crippen LogP contribution in [-0.4, -0.2) is 21.6 Å². The lowest BCUT2D eigenvalue weighted by atomic mass is 10.3. The molecule has 5 heteroatoms. The van der Waals surface area contributed by atoms with Crippen LogP contribution in [0.25, 0.3) is 0 Å². The average Bonchev–Trinajstić information content (AvgIpc) is 1.98. The molecule has 1 aromatic heterocycles. The highest BCUT2D eigenvalue weighted by molar-refractivity contribution is 9.10. The molecule has 0 saturated carbocycles. The largest absolute Gasteiger partial charge is 0.411 e. The average molecular weight is 216 g/mol. The summed E-state index contributed by atoms with van der Waals surface area (Å²) in [6.45, 7) is 1.88. The second-order valence-electron chi connectivity index (χ2n) is 1.99. The van der Waals surface area contributed by atoms with Gasteiger partial charge in [0.25, 0.3) is 0 Å². The molecule has 0 saturated heterocycles. The molecule has 0 unspecified atom stereocenters. The van der Waals surface area contributed by atoms with Gasteiger partial charge in [-0.1, -0.05) is 5.16 Å². The van der Waals surface area contributed by atoms with Gasteiger partial charge in [-0.15, -0.1) is 10.2 Å². The van der Waals surface area contributed by atoms with Gasteiger partial charge in [0.05, 0.1) is 6.21 Å². The summed E-state index contributed by atoms with van der Waals surface area (Å²) >= 11 is 3.20. The highest BCUT2D eigenvalue weighted by atomic mass is 79.9. The molecule has 58 valence electrons. The fourth-order valence-electron chi connectivity index (χ4n) is 0.613. The minimum atomic E-state index is 0.535. The summed E-state index contributed by atoms with van der Waals surface area (Å²) in [7, 11) is 0. The van der Waals surface area contributed by atoms with Gasteiger partial charge in [-0.3, -0.25) is 0 Å². The monoisotopic (exact) mass is 215 g/mol. The van der Waals surface area contributed by atoms with Gasteiger partial charge in [0.15, 0.2) is 0 Å². The van der Waals surface area contributed by atoms with Crippen LogP contribution in [0.5, 0.6) is 0 Å². The zero-order valence-electron chi connectivity index (χ0n) is 5.82. The van der Waals surface area contributed by atoms with Gasteiger partial charge in [-0.2, -0.15) is 0 Å². The quantitative estimate of drug-likeness (QED) is 0.438. The number of oxime groups is 1. The molecule has 0 aromatic carbocycles. The molecule has 4 nitrogen and oxygen atoms in total. The number of hydrogen-bond donors (Lipinski definition) is 1. The molecule has 0 amide bonds. The minimum absolute atomic E-state index is 0.535. The van der Waals surface area contributed by atoms with E-state index in [2.05, 4.69) is 31.3 Å². The van der Waals surface area contributed by atoms with E-state index in [4.69, 9.17) is 5.21 Å². The molecule has 1 rings (SSSR count). The van der Waals surface area contributed by atoms with E-state index in [1.165, 1.54) is 6.21 Å². The number of aryl methyl sites for hydroxylation is 1. The van der Waals surface area contributed by atoms with E-state index in [1.54, 1.807) is 6.07 Å². The van der Waals surface area contributed by atoms with Gasteiger partial charge in [0, 0.05) is 0 Å². The Morgan fingerprint density at radius 1 is 1.64 bits per heavy atom. The lowest BCUT2D eigenvalue weighted by molar-refractivity contribution is 0.321. The third-order valence-corrected chi connectivity index (χ3v) is 1.92. The predicted molar refractivity (Wildman–Crippen MR) is 43.8 cm³/mol. The van der Waals surface area contributed by atoms with Crippen LogP contribution in [-0.2, 0) is 0 Å². The molecule has 0 atom stereocenters. The second kappa shape index (κ2) is 3.43. The number of aromatic nitrogens is 2. The maximum absolute atomic E-state index is 8.17. The standard InChI is InChI=1S/C6H6BrN3O/c1-4-2-5(3-8-11)9-10-6(4)7/h2-3,11H,1H3/b8-3+. The van der Waals surface area contributed by atoms with E-state index in [1.807, 2.05) is 6.92 Å². The maximum atomic E-state index is 8.17. The van der Waals surface area contributed by atoms with Crippen molar-refractivity contribution in [3.8, 4) is 0 Å². The van der Waals surface area contributed by atoms with E-state index in [9.17, 15) is 0 Å². The van der Waals surface area contributed by atoms with Crippen LogP contribution >= 0.6 is 15.9 Å². The maximum Gasteiger partial charge on any atom is 0.131 e. The first-order valence-corrected chi connectivity index (χ1v) is 3.70. The van der Waals surface area contributed by atoms with Crippen molar-refractivity contribution in [2.75, 3.05) is 0 Å². The molecule has 1 aromatic rings. The van der Waals surface area contributed by atoms with E-state index in [-0.39, 0.29) is 0 Å². The van der Waals surface area contributed by atoms with Crippen LogP contribution in [0.4, 0.5) is 0 Å². The van der Waals surface area contributed by atoms with Crippen molar-refractivity contribution in [3.05, 3.63) is 21.9 Å². The Kier molecular flexibility index (Phi) is 2.53. The first kappa shape index (κ1) is 8.13. The Hall–Kier alpha value is -0.970. The van der Waals surface area contributed by atoms with Crippen molar-refractivity contribution in [3.63, 3.8) is 0 Å². The third-order valence-electron chi connectivity index (χ3n) is 1.13. The molecular formula is C6H6BrN3O. The smallest absolute Gasteiger partial charge is 0.131 e. The molecule has 0 aliphatic carbocycles. The predicted octanol–water partition coefficient (Wildman–Crippen LogP) is 1.36. The summed E-state index contributed by atoms with van der Waals surface area (Å²) in [4.78, 5) is 0. The van der Waals surface area contributed by atoms with Crippen molar-refractivity contribution in [1.82, 2.24) is 10.2 Å². The van der Waals surface area contributed by atoms with E-state index in [0.717, 1.165) is 5.56 Å². The lowest BCUT2D eigenvalue weighted by Crippen LogP contribution is -1.93. The first-order chi connectivity index (χ1) is 5.24. The summed E-state index contributed by atoms with van der Waals surface area (Å²) in [6.07, 6.45) is 1.23. The summed E-state index contributed by atoms with van der Waals surface area (Å²) in [5.74, 6) is 0. The van der Waals surface area contributed by atoms with Gasteiger partial charge >= 0.3 is 0 Å². The molecule has 1 N–H and O–H groups in total. The summed E-state index contributed by atoms with van der Waals surface area (Å²) in [5.41, 5.74) is 1.49. The van der Waals surface area contributed by atoms with Crippen LogP contribution in [0, 0.1) is 6.92 Å². The number of nitrogens with zero attached hydrogens (tertiary/aromatic N) is 3. The zero-order chi connectivity index (χ0) is 8.27. The van der Waals surface area contributed by atoms with Gasteiger partial charge < -0.3 is 5.21 Å². The van der Waals surface area contributed by atoms with Crippen LogP contribution < -0.4 is 0 Å². The van der Waals surface area contributed by atoms with E-state index in [0.29, 0.717) is 10.3 Å². The van der Waals surface area contributed by atoms with Gasteiger partial charge in [-0.25, -0.2) is 0 Å². The topological polar surface area (TPSA) is 58.4 Å². The molecule has 0 aliphatic rings. The molecule has 1 heterocycles. The Labute approximate surface area is 72.1 Å². The minimum Gasteiger partial charge on any atom is -0.411 e. The van der Waals surface area contributed by atoms with Crippen LogP contribution in [0.3, 0.4) is 0 Å². The van der Waals surface area contributed by atoms with Crippen molar-refractivity contribution in [2.24, 2.45) is 5.16 Å². The van der Waals surface area contributed by atoms with Gasteiger partial charge in [0.2, 0.25) is 0 Å². The first-order valence-electron chi connectivity index (χ1n) is 2.91. The van der Waals surface area contributed by atoms with Crippen LogP contribution in [0.15, 0.2) is 15.8 Å².